The molecule has 0 saturated heterocycles. The Morgan fingerprint density at radius 2 is 1.22 bits per heavy atom. The van der Waals surface area contributed by atoms with E-state index in [1.54, 1.807) is 6.92 Å². The summed E-state index contributed by atoms with van der Waals surface area (Å²) in [6.07, 6.45) is 22.3. The summed E-state index contributed by atoms with van der Waals surface area (Å²) in [5.41, 5.74) is 0. The largest absolute Gasteiger partial charge is 0.457 e. The van der Waals surface area contributed by atoms with Crippen LogP contribution in [-0.4, -0.2) is 68.5 Å². The zero-order valence-electron chi connectivity index (χ0n) is 24.7. The normalized spacial score (nSPS) is 14.1. The molecule has 0 aromatic rings. The van der Waals surface area contributed by atoms with Crippen LogP contribution in [0.5, 0.6) is 0 Å². The predicted octanol–water partition coefficient (Wildman–Crippen LogP) is 7.74. The van der Waals surface area contributed by atoms with Gasteiger partial charge in [-0.05, 0) is 20.5 Å². The molecule has 2 unspecified atom stereocenters. The smallest absolute Gasteiger partial charge is 0.329 e. The van der Waals surface area contributed by atoms with Crippen LogP contribution in [-0.2, 0) is 23.4 Å². The molecule has 0 aliphatic carbocycles. The highest BCUT2D eigenvalue weighted by Crippen LogP contribution is 2.41. The molecule has 0 bridgehead atoms. The van der Waals surface area contributed by atoms with Crippen molar-refractivity contribution in [1.82, 2.24) is 4.90 Å². The lowest BCUT2D eigenvalue weighted by Crippen LogP contribution is -2.28. The van der Waals surface area contributed by atoms with E-state index >= 15 is 0 Å². The first-order chi connectivity index (χ1) is 17.8. The molecule has 0 aromatic heterocycles. The first-order valence-electron chi connectivity index (χ1n) is 15.2. The minimum absolute atomic E-state index is 0.0363. The third-order valence-electron chi connectivity index (χ3n) is 6.57. The van der Waals surface area contributed by atoms with E-state index in [4.69, 9.17) is 14.0 Å². The van der Waals surface area contributed by atoms with Crippen LogP contribution in [0.15, 0.2) is 0 Å². The molecule has 0 heterocycles. The second-order valence-electron chi connectivity index (χ2n) is 10.7. The molecule has 8 heteroatoms. The molecule has 0 rings (SSSR count). The van der Waals surface area contributed by atoms with E-state index in [9.17, 15) is 14.3 Å². The van der Waals surface area contributed by atoms with E-state index in [1.807, 2.05) is 19.0 Å². The van der Waals surface area contributed by atoms with Gasteiger partial charge in [0.15, 0.2) is 0 Å². The Hall–Kier alpha value is -0.460. The lowest BCUT2D eigenvalue weighted by atomic mass is 10.0. The summed E-state index contributed by atoms with van der Waals surface area (Å²) in [6.45, 7) is 5.08. The maximum atomic E-state index is 12.2. The summed E-state index contributed by atoms with van der Waals surface area (Å²) in [7, 11) is -0.0554. The van der Waals surface area contributed by atoms with Crippen LogP contribution in [0.1, 0.15) is 129 Å². The number of carbonyl (C=O) groups is 1. The summed E-state index contributed by atoms with van der Waals surface area (Å²) >= 11 is 0. The number of hydrogen-bond donors (Lipinski definition) is 1. The molecule has 1 N–H and O–H groups in total. The fourth-order valence-electron chi connectivity index (χ4n) is 4.12. The Morgan fingerprint density at radius 3 is 1.65 bits per heavy atom. The molecule has 0 spiro atoms. The van der Waals surface area contributed by atoms with Crippen molar-refractivity contribution in [1.29, 1.82) is 0 Å². The van der Waals surface area contributed by atoms with Gasteiger partial charge >= 0.3 is 13.6 Å². The van der Waals surface area contributed by atoms with E-state index in [-0.39, 0.29) is 31.8 Å². The van der Waals surface area contributed by atoms with Crippen LogP contribution in [0, 0.1) is 0 Å². The van der Waals surface area contributed by atoms with Gasteiger partial charge in [0.2, 0.25) is 0 Å². The molecule has 0 saturated carbocycles. The molecule has 0 aliphatic rings. The van der Waals surface area contributed by atoms with Gasteiger partial charge in [0.25, 0.3) is 0 Å². The summed E-state index contributed by atoms with van der Waals surface area (Å²) in [5.74, 6) is -0.365. The van der Waals surface area contributed by atoms with E-state index < -0.39 is 13.7 Å². The lowest BCUT2D eigenvalue weighted by Gasteiger charge is -2.20. The van der Waals surface area contributed by atoms with Crippen molar-refractivity contribution in [3.63, 3.8) is 0 Å². The molecule has 0 aliphatic heterocycles. The number of hydrogen-bond acceptors (Lipinski definition) is 6. The third-order valence-corrected chi connectivity index (χ3v) is 7.89. The van der Waals surface area contributed by atoms with E-state index in [1.165, 1.54) is 96.3 Å². The summed E-state index contributed by atoms with van der Waals surface area (Å²) in [6, 6.07) is 0. The Labute approximate surface area is 228 Å². The van der Waals surface area contributed by atoms with Gasteiger partial charge in [-0.25, -0.2) is 0 Å². The summed E-state index contributed by atoms with van der Waals surface area (Å²) < 4.78 is 28.4. The Balaban J connectivity index is 3.68. The van der Waals surface area contributed by atoms with E-state index in [0.29, 0.717) is 13.2 Å². The van der Waals surface area contributed by atoms with Crippen molar-refractivity contribution in [3.05, 3.63) is 0 Å². The topological polar surface area (TPSA) is 85.3 Å². The number of esters is 1. The molecule has 7 nitrogen and oxygen atoms in total. The highest BCUT2D eigenvalue weighted by atomic mass is 31.2. The Bertz CT molecular complexity index is 561. The standard InChI is InChI=1S/C29H60NO6P/c1-5-7-8-9-10-11-12-13-14-15-16-17-18-19-20-21-22-24-34-26-28(36-29(31)6-2)27-35-37(32,33)25-23-30(3)4/h28H,5-27H2,1-4H3,(H,32,33). The quantitative estimate of drug-likeness (QED) is 0.0607. The molecule has 0 fully saturated rings. The fraction of sp³-hybridized carbons (Fsp3) is 0.966. The van der Waals surface area contributed by atoms with Crippen molar-refractivity contribution >= 4 is 13.6 Å². The highest BCUT2D eigenvalue weighted by molar-refractivity contribution is 7.52. The van der Waals surface area contributed by atoms with Crippen LogP contribution >= 0.6 is 7.60 Å². The molecule has 0 amide bonds. The molecular weight excluding hydrogens is 489 g/mol. The molecule has 0 aromatic carbocycles. The average Bonchev–Trinajstić information content (AvgIpc) is 2.87. The Morgan fingerprint density at radius 1 is 0.757 bits per heavy atom. The minimum Gasteiger partial charge on any atom is -0.457 e. The average molecular weight is 550 g/mol. The van der Waals surface area contributed by atoms with Gasteiger partial charge < -0.3 is 23.8 Å². The number of carbonyl (C=O) groups excluding carboxylic acids is 1. The van der Waals surface area contributed by atoms with Gasteiger partial charge in [-0.2, -0.15) is 0 Å². The summed E-state index contributed by atoms with van der Waals surface area (Å²) in [5, 5.41) is 0. The number of rotatable bonds is 28. The van der Waals surface area contributed by atoms with Crippen LogP contribution in [0.25, 0.3) is 0 Å². The maximum Gasteiger partial charge on any atom is 0.329 e. The zero-order valence-corrected chi connectivity index (χ0v) is 25.6. The molecule has 2 atom stereocenters. The van der Waals surface area contributed by atoms with E-state index in [0.717, 1.165) is 12.8 Å². The van der Waals surface area contributed by atoms with Crippen molar-refractivity contribution in [3.8, 4) is 0 Å². The van der Waals surface area contributed by atoms with Crippen molar-refractivity contribution < 1.29 is 28.3 Å². The fourth-order valence-corrected chi connectivity index (χ4v) is 5.30. The van der Waals surface area contributed by atoms with Crippen molar-refractivity contribution in [2.45, 2.75) is 136 Å². The van der Waals surface area contributed by atoms with Gasteiger partial charge in [-0.15, -0.1) is 0 Å². The van der Waals surface area contributed by atoms with Crippen molar-refractivity contribution in [2.24, 2.45) is 0 Å². The van der Waals surface area contributed by atoms with Gasteiger partial charge in [0, 0.05) is 19.6 Å². The molecule has 222 valence electrons. The first-order valence-corrected chi connectivity index (χ1v) is 16.9. The van der Waals surface area contributed by atoms with Gasteiger partial charge in [-0.1, -0.05) is 117 Å². The van der Waals surface area contributed by atoms with E-state index in [2.05, 4.69) is 6.92 Å². The number of unbranched alkanes of at least 4 members (excludes halogenated alkanes) is 16. The number of ether oxygens (including phenoxy) is 2. The Kier molecular flexibility index (Phi) is 25.5. The first kappa shape index (κ1) is 36.5. The second kappa shape index (κ2) is 25.8. The molecule has 0 radical (unpaired) electrons. The highest BCUT2D eigenvalue weighted by Gasteiger charge is 2.23. The molecule has 37 heavy (non-hydrogen) atoms. The van der Waals surface area contributed by atoms with Crippen LogP contribution in [0.3, 0.4) is 0 Å². The lowest BCUT2D eigenvalue weighted by molar-refractivity contribution is -0.153. The van der Waals surface area contributed by atoms with Gasteiger partial charge in [0.1, 0.15) is 6.10 Å². The zero-order chi connectivity index (χ0) is 27.6. The second-order valence-corrected chi connectivity index (χ2v) is 12.6. The maximum absolute atomic E-state index is 12.2. The minimum atomic E-state index is -3.72. The van der Waals surface area contributed by atoms with Crippen molar-refractivity contribution in [2.75, 3.05) is 46.6 Å². The van der Waals surface area contributed by atoms with Gasteiger partial charge in [0.05, 0.1) is 19.4 Å². The number of nitrogens with zero attached hydrogens (tertiary/aromatic N) is 1. The van der Waals surface area contributed by atoms with Crippen LogP contribution in [0.2, 0.25) is 0 Å². The predicted molar refractivity (Wildman–Crippen MR) is 154 cm³/mol. The van der Waals surface area contributed by atoms with Crippen LogP contribution < -0.4 is 0 Å². The molecular formula is C29H60NO6P. The van der Waals surface area contributed by atoms with Gasteiger partial charge in [-0.3, -0.25) is 9.36 Å². The summed E-state index contributed by atoms with van der Waals surface area (Å²) in [4.78, 5) is 23.5. The third kappa shape index (κ3) is 26.9. The monoisotopic (exact) mass is 549 g/mol. The SMILES string of the molecule is CCCCCCCCCCCCCCCCCCCOCC(COP(=O)(O)CCN(C)C)OC(=O)CC. The van der Waals surface area contributed by atoms with Crippen LogP contribution in [0.4, 0.5) is 0 Å².